The van der Waals surface area contributed by atoms with Crippen LogP contribution >= 0.6 is 15.9 Å². The van der Waals surface area contributed by atoms with Crippen molar-refractivity contribution < 1.29 is 9.15 Å². The monoisotopic (exact) mass is 405 g/mol. The number of rotatable bonds is 4. The van der Waals surface area contributed by atoms with Gasteiger partial charge in [0.2, 0.25) is 0 Å². The first-order valence-electron chi connectivity index (χ1n) is 8.20. The van der Waals surface area contributed by atoms with Crippen LogP contribution in [0, 0.1) is 0 Å². The van der Waals surface area contributed by atoms with Gasteiger partial charge in [-0.3, -0.25) is 4.99 Å². The Morgan fingerprint density at radius 2 is 1.73 bits per heavy atom. The number of hydrogen-bond donors (Lipinski definition) is 0. The predicted molar refractivity (Wildman–Crippen MR) is 112 cm³/mol. The van der Waals surface area contributed by atoms with Gasteiger partial charge in [-0.2, -0.15) is 0 Å². The van der Waals surface area contributed by atoms with Crippen LogP contribution in [0.5, 0.6) is 5.75 Å². The molecule has 128 valence electrons. The van der Waals surface area contributed by atoms with Gasteiger partial charge in [0.1, 0.15) is 22.6 Å². The first kappa shape index (κ1) is 16.6. The number of nitrogens with zero attached hydrogens (tertiary/aromatic N) is 1. The first-order chi connectivity index (χ1) is 12.7. The maximum atomic E-state index is 5.94. The summed E-state index contributed by atoms with van der Waals surface area (Å²) in [5, 5.41) is 2.09. The zero-order chi connectivity index (χ0) is 17.9. The van der Waals surface area contributed by atoms with E-state index in [1.807, 2.05) is 72.8 Å². The number of para-hydroxylation sites is 1. The van der Waals surface area contributed by atoms with Crippen LogP contribution in [0.2, 0.25) is 0 Å². The van der Waals surface area contributed by atoms with Gasteiger partial charge in [0.25, 0.3) is 0 Å². The Morgan fingerprint density at radius 3 is 2.54 bits per heavy atom. The molecule has 0 spiro atoms. The third-order valence-corrected chi connectivity index (χ3v) is 4.54. The van der Waals surface area contributed by atoms with Crippen LogP contribution < -0.4 is 4.74 Å². The summed E-state index contributed by atoms with van der Waals surface area (Å²) in [6.07, 6.45) is 3.77. The van der Waals surface area contributed by atoms with Crippen LogP contribution in [0.4, 0.5) is 5.69 Å². The summed E-state index contributed by atoms with van der Waals surface area (Å²) in [7, 11) is 1.65. The molecule has 0 aliphatic heterocycles. The molecule has 26 heavy (non-hydrogen) atoms. The van der Waals surface area contributed by atoms with Gasteiger partial charge in [0, 0.05) is 27.5 Å². The van der Waals surface area contributed by atoms with Gasteiger partial charge in [-0.05, 0) is 39.7 Å². The van der Waals surface area contributed by atoms with E-state index in [1.165, 1.54) is 0 Å². The highest BCUT2D eigenvalue weighted by Crippen LogP contribution is 2.37. The molecule has 0 unspecified atom stereocenters. The largest absolute Gasteiger partial charge is 0.494 e. The van der Waals surface area contributed by atoms with Crippen LogP contribution in [0.25, 0.3) is 28.0 Å². The van der Waals surface area contributed by atoms with Crippen molar-refractivity contribution in [3.05, 3.63) is 76.8 Å². The molecule has 3 aromatic carbocycles. The van der Waals surface area contributed by atoms with Gasteiger partial charge in [-0.25, -0.2) is 0 Å². The molecule has 0 atom stereocenters. The van der Waals surface area contributed by atoms with Crippen LogP contribution in [0.1, 0.15) is 5.56 Å². The smallest absolute Gasteiger partial charge is 0.145 e. The second-order valence-electron chi connectivity index (χ2n) is 5.82. The number of furan rings is 1. The topological polar surface area (TPSA) is 34.7 Å². The van der Waals surface area contributed by atoms with Gasteiger partial charge in [0.05, 0.1) is 7.11 Å². The van der Waals surface area contributed by atoms with E-state index in [-0.39, 0.29) is 0 Å². The van der Waals surface area contributed by atoms with E-state index in [0.717, 1.165) is 37.7 Å². The number of ether oxygens (including phenoxy) is 1. The highest BCUT2D eigenvalue weighted by molar-refractivity contribution is 9.12. The van der Waals surface area contributed by atoms with Crippen LogP contribution in [-0.2, 0) is 0 Å². The molecular formula is C22H16BrNO2. The van der Waals surface area contributed by atoms with Gasteiger partial charge < -0.3 is 9.15 Å². The van der Waals surface area contributed by atoms with Crippen molar-refractivity contribution in [2.24, 2.45) is 4.99 Å². The van der Waals surface area contributed by atoms with Crippen molar-refractivity contribution >= 4 is 55.8 Å². The fraction of sp³-hybridized carbons (Fsp3) is 0.0455. The number of halogens is 1. The lowest BCUT2D eigenvalue weighted by Gasteiger charge is -2.04. The first-order valence-corrected chi connectivity index (χ1v) is 8.99. The molecule has 4 aromatic rings. The SMILES string of the molecule is COc1cc2c(cc1N=C/C(Br)=C/c1ccccc1)oc1ccccc12. The molecule has 4 heteroatoms. The molecule has 0 saturated carbocycles. The molecule has 3 nitrogen and oxygen atoms in total. The number of benzene rings is 3. The molecule has 0 N–H and O–H groups in total. The van der Waals surface area contributed by atoms with Gasteiger partial charge in [0.15, 0.2) is 0 Å². The molecule has 0 fully saturated rings. The summed E-state index contributed by atoms with van der Waals surface area (Å²) >= 11 is 3.54. The average molecular weight is 406 g/mol. The van der Waals surface area contributed by atoms with E-state index in [9.17, 15) is 0 Å². The Balaban J connectivity index is 1.73. The average Bonchev–Trinajstić information content (AvgIpc) is 3.03. The molecule has 0 saturated heterocycles. The minimum Gasteiger partial charge on any atom is -0.494 e. The molecule has 0 aliphatic carbocycles. The molecule has 1 heterocycles. The van der Waals surface area contributed by atoms with E-state index in [2.05, 4.69) is 20.9 Å². The Bertz CT molecular complexity index is 1130. The predicted octanol–water partition coefficient (Wildman–Crippen LogP) is 6.73. The van der Waals surface area contributed by atoms with Crippen molar-refractivity contribution in [3.8, 4) is 5.75 Å². The molecule has 0 aliphatic rings. The molecule has 4 rings (SSSR count). The van der Waals surface area contributed by atoms with E-state index in [1.54, 1.807) is 13.3 Å². The number of aliphatic imine (C=N–C) groups is 1. The summed E-state index contributed by atoms with van der Waals surface area (Å²) < 4.78 is 12.3. The summed E-state index contributed by atoms with van der Waals surface area (Å²) in [4.78, 5) is 4.57. The van der Waals surface area contributed by atoms with Crippen molar-refractivity contribution in [2.45, 2.75) is 0 Å². The van der Waals surface area contributed by atoms with Crippen molar-refractivity contribution in [3.63, 3.8) is 0 Å². The van der Waals surface area contributed by atoms with Gasteiger partial charge in [-0.1, -0.05) is 48.5 Å². The molecule has 1 aromatic heterocycles. The van der Waals surface area contributed by atoms with E-state index < -0.39 is 0 Å². The van der Waals surface area contributed by atoms with Crippen molar-refractivity contribution in [1.29, 1.82) is 0 Å². The fourth-order valence-electron chi connectivity index (χ4n) is 2.88. The minimum atomic E-state index is 0.709. The zero-order valence-electron chi connectivity index (χ0n) is 14.1. The summed E-state index contributed by atoms with van der Waals surface area (Å²) in [6.45, 7) is 0. The van der Waals surface area contributed by atoms with E-state index in [4.69, 9.17) is 9.15 Å². The maximum Gasteiger partial charge on any atom is 0.145 e. The standard InChI is InChI=1S/C22H16BrNO2/c1-25-22-12-18-17-9-5-6-10-20(17)26-21(18)13-19(22)24-14-16(23)11-15-7-3-2-4-8-15/h2-14H,1H3/b16-11-,24-14?. The third-order valence-electron chi connectivity index (χ3n) is 4.11. The molecule has 0 radical (unpaired) electrons. The number of allylic oxidation sites excluding steroid dienone is 1. The number of fused-ring (bicyclic) bond motifs is 3. The molecule has 0 amide bonds. The van der Waals surface area contributed by atoms with E-state index in [0.29, 0.717) is 5.75 Å². The highest BCUT2D eigenvalue weighted by Gasteiger charge is 2.11. The lowest BCUT2D eigenvalue weighted by atomic mass is 10.1. The number of hydrogen-bond acceptors (Lipinski definition) is 3. The van der Waals surface area contributed by atoms with Crippen molar-refractivity contribution in [1.82, 2.24) is 0 Å². The Morgan fingerprint density at radius 1 is 0.962 bits per heavy atom. The Labute approximate surface area is 159 Å². The van der Waals surface area contributed by atoms with Crippen LogP contribution in [0.3, 0.4) is 0 Å². The van der Waals surface area contributed by atoms with Gasteiger partial charge in [-0.15, -0.1) is 0 Å². The lowest BCUT2D eigenvalue weighted by molar-refractivity contribution is 0.416. The second-order valence-corrected chi connectivity index (χ2v) is 6.73. The maximum absolute atomic E-state index is 5.94. The highest BCUT2D eigenvalue weighted by atomic mass is 79.9. The molecular weight excluding hydrogens is 390 g/mol. The fourth-order valence-corrected chi connectivity index (χ4v) is 3.25. The van der Waals surface area contributed by atoms with E-state index >= 15 is 0 Å². The summed E-state index contributed by atoms with van der Waals surface area (Å²) in [5.41, 5.74) is 3.47. The Hall–Kier alpha value is -2.85. The quantitative estimate of drug-likeness (QED) is 0.352. The van der Waals surface area contributed by atoms with Crippen LogP contribution in [-0.4, -0.2) is 13.3 Å². The number of methoxy groups -OCH3 is 1. The normalized spacial score (nSPS) is 12.3. The Kier molecular flexibility index (Phi) is 4.59. The lowest BCUT2D eigenvalue weighted by Crippen LogP contribution is -1.84. The molecule has 0 bridgehead atoms. The summed E-state index contributed by atoms with van der Waals surface area (Å²) in [6, 6.07) is 21.9. The second kappa shape index (κ2) is 7.18. The third kappa shape index (κ3) is 3.28. The summed E-state index contributed by atoms with van der Waals surface area (Å²) in [5.74, 6) is 0.709. The van der Waals surface area contributed by atoms with Gasteiger partial charge >= 0.3 is 0 Å². The zero-order valence-corrected chi connectivity index (χ0v) is 15.7. The van der Waals surface area contributed by atoms with Crippen molar-refractivity contribution in [2.75, 3.05) is 7.11 Å². The van der Waals surface area contributed by atoms with Crippen LogP contribution in [0.15, 0.2) is 80.6 Å². The minimum absolute atomic E-state index is 0.709.